The second-order valence-corrected chi connectivity index (χ2v) is 8.06. The van der Waals surface area contributed by atoms with Crippen LogP contribution >= 0.6 is 23.4 Å². The van der Waals surface area contributed by atoms with E-state index in [0.29, 0.717) is 6.54 Å². The minimum atomic E-state index is -0.0804. The van der Waals surface area contributed by atoms with E-state index >= 15 is 0 Å². The van der Waals surface area contributed by atoms with Crippen molar-refractivity contribution in [1.29, 1.82) is 0 Å². The third-order valence-corrected chi connectivity index (χ3v) is 5.67. The normalized spacial score (nSPS) is 15.8. The molecule has 2 aromatic rings. The number of hydrogen-bond acceptors (Lipinski definition) is 5. The third-order valence-electron chi connectivity index (χ3n) is 4.67. The quantitative estimate of drug-likeness (QED) is 0.427. The van der Waals surface area contributed by atoms with Crippen molar-refractivity contribution in [3.05, 3.63) is 64.7 Å². The van der Waals surface area contributed by atoms with Gasteiger partial charge in [0.05, 0.1) is 12.8 Å². The van der Waals surface area contributed by atoms with E-state index < -0.39 is 0 Å². The van der Waals surface area contributed by atoms with E-state index in [1.165, 1.54) is 10.5 Å². The lowest BCUT2D eigenvalue weighted by atomic mass is 10.2. The first-order valence-corrected chi connectivity index (χ1v) is 10.9. The largest absolute Gasteiger partial charge is 0.297 e. The molecule has 0 bridgehead atoms. The first-order chi connectivity index (χ1) is 13.6. The molecular weight excluding hydrogens is 392 g/mol. The molecule has 0 radical (unpaired) electrons. The number of thioether (sulfide) groups is 1. The Kier molecular flexibility index (Phi) is 7.91. The molecule has 28 heavy (non-hydrogen) atoms. The van der Waals surface area contributed by atoms with Crippen LogP contribution in [0.3, 0.4) is 0 Å². The molecule has 2 aromatic carbocycles. The fraction of sp³-hybridized carbons (Fsp3) is 0.333. The number of halogens is 1. The molecule has 1 fully saturated rings. The summed E-state index contributed by atoms with van der Waals surface area (Å²) in [5, 5.41) is 4.82. The molecule has 1 saturated heterocycles. The average Bonchev–Trinajstić information content (AvgIpc) is 2.72. The third kappa shape index (κ3) is 6.63. The summed E-state index contributed by atoms with van der Waals surface area (Å²) in [6.45, 7) is 4.93. The molecule has 1 aliphatic rings. The van der Waals surface area contributed by atoms with Crippen molar-refractivity contribution in [2.75, 3.05) is 39.0 Å². The van der Waals surface area contributed by atoms with Crippen LogP contribution in [0.15, 0.2) is 58.5 Å². The summed E-state index contributed by atoms with van der Waals surface area (Å²) in [5.74, 6) is -0.0804. The Bertz CT molecular complexity index is 787. The van der Waals surface area contributed by atoms with Gasteiger partial charge in [0.15, 0.2) is 0 Å². The van der Waals surface area contributed by atoms with E-state index in [1.807, 2.05) is 42.7 Å². The Labute approximate surface area is 175 Å². The van der Waals surface area contributed by atoms with Crippen LogP contribution in [-0.4, -0.2) is 60.9 Å². The highest BCUT2D eigenvalue weighted by Crippen LogP contribution is 2.14. The fourth-order valence-corrected chi connectivity index (χ4v) is 3.59. The molecule has 0 spiro atoms. The average molecular weight is 417 g/mol. The minimum absolute atomic E-state index is 0.0804. The van der Waals surface area contributed by atoms with Gasteiger partial charge in [-0.3, -0.25) is 14.6 Å². The fourth-order valence-electron chi connectivity index (χ4n) is 3.06. The summed E-state index contributed by atoms with van der Waals surface area (Å²) in [5.41, 5.74) is 4.85. The second-order valence-electron chi connectivity index (χ2n) is 6.75. The van der Waals surface area contributed by atoms with Gasteiger partial charge < -0.3 is 0 Å². The van der Waals surface area contributed by atoms with Crippen molar-refractivity contribution >= 4 is 35.5 Å². The SMILES string of the molecule is CSc1ccc(/C=N/NC(=O)CN2CCN(Cc3ccc(Cl)cc3)CC2)cc1. The summed E-state index contributed by atoms with van der Waals surface area (Å²) in [4.78, 5) is 17.9. The van der Waals surface area contributed by atoms with Gasteiger partial charge in [-0.1, -0.05) is 35.9 Å². The summed E-state index contributed by atoms with van der Waals surface area (Å²) in [6, 6.07) is 16.0. The molecule has 0 saturated carbocycles. The zero-order valence-corrected chi connectivity index (χ0v) is 17.5. The first kappa shape index (κ1) is 20.9. The second kappa shape index (κ2) is 10.6. The number of carbonyl (C=O) groups excluding carboxylic acids is 1. The molecular formula is C21H25ClN4OS. The topological polar surface area (TPSA) is 47.9 Å². The van der Waals surface area contributed by atoms with Crippen molar-refractivity contribution in [3.63, 3.8) is 0 Å². The minimum Gasteiger partial charge on any atom is -0.297 e. The van der Waals surface area contributed by atoms with Gasteiger partial charge in [0.2, 0.25) is 0 Å². The lowest BCUT2D eigenvalue weighted by Gasteiger charge is -2.34. The maximum Gasteiger partial charge on any atom is 0.254 e. The number of nitrogens with one attached hydrogen (secondary N) is 1. The Morgan fingerprint density at radius 3 is 2.36 bits per heavy atom. The number of rotatable bonds is 7. The smallest absolute Gasteiger partial charge is 0.254 e. The first-order valence-electron chi connectivity index (χ1n) is 9.27. The highest BCUT2D eigenvalue weighted by molar-refractivity contribution is 7.98. The molecule has 1 heterocycles. The Morgan fingerprint density at radius 2 is 1.71 bits per heavy atom. The van der Waals surface area contributed by atoms with E-state index in [4.69, 9.17) is 11.6 Å². The molecule has 7 heteroatoms. The van der Waals surface area contributed by atoms with Gasteiger partial charge in [-0.2, -0.15) is 5.10 Å². The van der Waals surface area contributed by atoms with E-state index in [-0.39, 0.29) is 5.91 Å². The van der Waals surface area contributed by atoms with E-state index in [1.54, 1.807) is 18.0 Å². The molecule has 1 amide bonds. The van der Waals surface area contributed by atoms with E-state index in [9.17, 15) is 4.79 Å². The van der Waals surface area contributed by atoms with Crippen LogP contribution in [0.1, 0.15) is 11.1 Å². The summed E-state index contributed by atoms with van der Waals surface area (Å²) < 4.78 is 0. The molecule has 3 rings (SSSR count). The molecule has 0 aliphatic carbocycles. The van der Waals surface area contributed by atoms with Crippen LogP contribution in [0.25, 0.3) is 0 Å². The Hall–Kier alpha value is -1.86. The zero-order chi connectivity index (χ0) is 19.8. The molecule has 1 N–H and O–H groups in total. The number of hydrazone groups is 1. The van der Waals surface area contributed by atoms with Crippen molar-refractivity contribution in [2.24, 2.45) is 5.10 Å². The Balaban J connectivity index is 1.37. The van der Waals surface area contributed by atoms with Gasteiger partial charge in [-0.25, -0.2) is 5.43 Å². The van der Waals surface area contributed by atoms with Gasteiger partial charge >= 0.3 is 0 Å². The summed E-state index contributed by atoms with van der Waals surface area (Å²) in [6.07, 6.45) is 3.72. The highest BCUT2D eigenvalue weighted by Gasteiger charge is 2.18. The number of hydrogen-bond donors (Lipinski definition) is 1. The van der Waals surface area contributed by atoms with Gasteiger partial charge in [-0.05, 0) is 41.6 Å². The van der Waals surface area contributed by atoms with E-state index in [0.717, 1.165) is 43.3 Å². The van der Waals surface area contributed by atoms with Crippen molar-refractivity contribution in [3.8, 4) is 0 Å². The number of nitrogens with zero attached hydrogens (tertiary/aromatic N) is 3. The van der Waals surface area contributed by atoms with Crippen molar-refractivity contribution in [1.82, 2.24) is 15.2 Å². The zero-order valence-electron chi connectivity index (χ0n) is 16.0. The number of amides is 1. The molecule has 0 unspecified atom stereocenters. The van der Waals surface area contributed by atoms with Gasteiger partial charge in [0.25, 0.3) is 5.91 Å². The standard InChI is InChI=1S/C21H25ClN4OS/c1-28-20-8-4-17(5-9-20)14-23-24-21(27)16-26-12-10-25(11-13-26)15-18-2-6-19(22)7-3-18/h2-9,14H,10-13,15-16H2,1H3,(H,24,27)/b23-14+. The maximum atomic E-state index is 12.1. The van der Waals surface area contributed by atoms with Crippen LogP contribution in [-0.2, 0) is 11.3 Å². The highest BCUT2D eigenvalue weighted by atomic mass is 35.5. The van der Waals surface area contributed by atoms with Crippen LogP contribution in [0.5, 0.6) is 0 Å². The van der Waals surface area contributed by atoms with Gasteiger partial charge in [0, 0.05) is 42.6 Å². The van der Waals surface area contributed by atoms with Gasteiger partial charge in [0.1, 0.15) is 0 Å². The molecule has 0 atom stereocenters. The Morgan fingerprint density at radius 1 is 1.07 bits per heavy atom. The van der Waals surface area contributed by atoms with E-state index in [2.05, 4.69) is 32.5 Å². The summed E-state index contributed by atoms with van der Waals surface area (Å²) >= 11 is 7.63. The molecule has 148 valence electrons. The summed E-state index contributed by atoms with van der Waals surface area (Å²) in [7, 11) is 0. The number of piperazine rings is 1. The number of benzene rings is 2. The van der Waals surface area contributed by atoms with Crippen LogP contribution in [0.4, 0.5) is 0 Å². The lowest BCUT2D eigenvalue weighted by Crippen LogP contribution is -2.48. The lowest BCUT2D eigenvalue weighted by molar-refractivity contribution is -0.122. The van der Waals surface area contributed by atoms with Crippen molar-refractivity contribution in [2.45, 2.75) is 11.4 Å². The predicted octanol–water partition coefficient (Wildman–Crippen LogP) is 3.33. The van der Waals surface area contributed by atoms with Crippen LogP contribution in [0, 0.1) is 0 Å². The molecule has 5 nitrogen and oxygen atoms in total. The van der Waals surface area contributed by atoms with Crippen LogP contribution in [0.2, 0.25) is 5.02 Å². The van der Waals surface area contributed by atoms with Crippen LogP contribution < -0.4 is 5.43 Å². The maximum absolute atomic E-state index is 12.1. The molecule has 1 aliphatic heterocycles. The molecule has 0 aromatic heterocycles. The van der Waals surface area contributed by atoms with Crippen molar-refractivity contribution < 1.29 is 4.79 Å². The number of carbonyl (C=O) groups is 1. The predicted molar refractivity (Wildman–Crippen MR) is 117 cm³/mol. The monoisotopic (exact) mass is 416 g/mol. The van der Waals surface area contributed by atoms with Gasteiger partial charge in [-0.15, -0.1) is 11.8 Å².